The fourth-order valence-corrected chi connectivity index (χ4v) is 3.34. The average molecular weight is 259 g/mol. The van der Waals surface area contributed by atoms with Gasteiger partial charge in [-0.2, -0.15) is 12.6 Å². The molecule has 0 aromatic rings. The number of aliphatic hydroxyl groups is 1. The summed E-state index contributed by atoms with van der Waals surface area (Å²) in [5, 5.41) is 9.17. The van der Waals surface area contributed by atoms with Gasteiger partial charge in [0, 0.05) is 19.1 Å². The summed E-state index contributed by atoms with van der Waals surface area (Å²) in [5.74, 6) is 0.988. The zero-order chi connectivity index (χ0) is 12.7. The molecule has 0 bridgehead atoms. The standard InChI is InChI=1S/C14H29NOS/c1-13(2)15(9-10-16)11-14(12-17)7-5-3-4-6-8-14/h13,16-17H,3-12H2,1-2H3. The fraction of sp³-hybridized carbons (Fsp3) is 1.00. The molecule has 17 heavy (non-hydrogen) atoms. The van der Waals surface area contributed by atoms with Gasteiger partial charge in [0.15, 0.2) is 0 Å². The van der Waals surface area contributed by atoms with Gasteiger partial charge in [-0.25, -0.2) is 0 Å². The summed E-state index contributed by atoms with van der Waals surface area (Å²) in [6, 6.07) is 0.516. The number of rotatable bonds is 6. The quantitative estimate of drug-likeness (QED) is 0.566. The molecule has 1 N–H and O–H groups in total. The molecular formula is C14H29NOS. The van der Waals surface area contributed by atoms with E-state index >= 15 is 0 Å². The van der Waals surface area contributed by atoms with Crippen LogP contribution in [0.2, 0.25) is 0 Å². The van der Waals surface area contributed by atoms with Gasteiger partial charge < -0.3 is 5.11 Å². The zero-order valence-electron chi connectivity index (χ0n) is 11.5. The van der Waals surface area contributed by atoms with Crippen molar-refractivity contribution in [2.45, 2.75) is 58.4 Å². The van der Waals surface area contributed by atoms with E-state index in [0.29, 0.717) is 11.5 Å². The minimum atomic E-state index is 0.265. The van der Waals surface area contributed by atoms with E-state index in [2.05, 4.69) is 31.4 Å². The lowest BCUT2D eigenvalue weighted by molar-refractivity contribution is 0.101. The minimum Gasteiger partial charge on any atom is -0.395 e. The molecule has 102 valence electrons. The topological polar surface area (TPSA) is 23.5 Å². The first-order valence-electron chi connectivity index (χ1n) is 7.09. The summed E-state index contributed by atoms with van der Waals surface area (Å²) in [6.45, 7) is 6.61. The van der Waals surface area contributed by atoms with Crippen LogP contribution in [0.1, 0.15) is 52.4 Å². The number of hydrogen-bond acceptors (Lipinski definition) is 3. The Bertz CT molecular complexity index is 200. The molecule has 3 heteroatoms. The van der Waals surface area contributed by atoms with E-state index in [1.807, 2.05) is 0 Å². The Balaban J connectivity index is 2.63. The predicted octanol–water partition coefficient (Wildman–Crippen LogP) is 2.96. The maximum atomic E-state index is 9.17. The van der Waals surface area contributed by atoms with Gasteiger partial charge in [-0.15, -0.1) is 0 Å². The van der Waals surface area contributed by atoms with Crippen molar-refractivity contribution in [2.24, 2.45) is 5.41 Å². The van der Waals surface area contributed by atoms with E-state index in [1.54, 1.807) is 0 Å². The van der Waals surface area contributed by atoms with Crippen LogP contribution in [0.15, 0.2) is 0 Å². The number of nitrogens with zero attached hydrogens (tertiary/aromatic N) is 1. The van der Waals surface area contributed by atoms with Gasteiger partial charge in [-0.1, -0.05) is 25.7 Å². The molecule has 2 nitrogen and oxygen atoms in total. The summed E-state index contributed by atoms with van der Waals surface area (Å²) in [6.07, 6.45) is 8.10. The van der Waals surface area contributed by atoms with Crippen molar-refractivity contribution in [2.75, 3.05) is 25.4 Å². The maximum Gasteiger partial charge on any atom is 0.0558 e. The van der Waals surface area contributed by atoms with Gasteiger partial charge in [0.1, 0.15) is 0 Å². The molecule has 0 radical (unpaired) electrons. The summed E-state index contributed by atoms with van der Waals surface area (Å²) >= 11 is 4.62. The predicted molar refractivity (Wildman–Crippen MR) is 77.8 cm³/mol. The van der Waals surface area contributed by atoms with Gasteiger partial charge in [0.05, 0.1) is 6.61 Å². The average Bonchev–Trinajstić information content (AvgIpc) is 2.54. The largest absolute Gasteiger partial charge is 0.395 e. The highest BCUT2D eigenvalue weighted by molar-refractivity contribution is 7.80. The zero-order valence-corrected chi connectivity index (χ0v) is 12.4. The van der Waals surface area contributed by atoms with E-state index in [0.717, 1.165) is 18.8 Å². The normalized spacial score (nSPS) is 20.8. The van der Waals surface area contributed by atoms with Crippen LogP contribution in [0, 0.1) is 5.41 Å². The van der Waals surface area contributed by atoms with Crippen molar-refractivity contribution in [3.63, 3.8) is 0 Å². The molecule has 1 fully saturated rings. The molecule has 0 unspecified atom stereocenters. The monoisotopic (exact) mass is 259 g/mol. The van der Waals surface area contributed by atoms with Gasteiger partial charge in [-0.3, -0.25) is 4.90 Å². The van der Waals surface area contributed by atoms with Crippen LogP contribution >= 0.6 is 12.6 Å². The third-order valence-corrected chi connectivity index (χ3v) is 4.83. The highest BCUT2D eigenvalue weighted by atomic mass is 32.1. The Labute approximate surface area is 112 Å². The highest BCUT2D eigenvalue weighted by Gasteiger charge is 2.32. The van der Waals surface area contributed by atoms with Crippen LogP contribution in [0.4, 0.5) is 0 Å². The molecule has 0 aromatic heterocycles. The number of hydrogen-bond donors (Lipinski definition) is 2. The first-order valence-corrected chi connectivity index (χ1v) is 7.72. The van der Waals surface area contributed by atoms with Crippen LogP contribution in [-0.2, 0) is 0 Å². The van der Waals surface area contributed by atoms with Gasteiger partial charge in [-0.05, 0) is 37.9 Å². The Hall–Kier alpha value is 0.270. The van der Waals surface area contributed by atoms with E-state index in [-0.39, 0.29) is 6.61 Å². The second kappa shape index (κ2) is 7.65. The molecule has 0 amide bonds. The fourth-order valence-electron chi connectivity index (χ4n) is 2.92. The third kappa shape index (κ3) is 4.80. The second-order valence-corrected chi connectivity index (χ2v) is 6.18. The van der Waals surface area contributed by atoms with Gasteiger partial charge in [0.25, 0.3) is 0 Å². The van der Waals surface area contributed by atoms with Crippen molar-refractivity contribution in [1.29, 1.82) is 0 Å². The van der Waals surface area contributed by atoms with Crippen molar-refractivity contribution in [3.8, 4) is 0 Å². The third-order valence-electron chi connectivity index (χ3n) is 4.16. The van der Waals surface area contributed by atoms with Crippen molar-refractivity contribution < 1.29 is 5.11 Å². The van der Waals surface area contributed by atoms with Crippen LogP contribution in [0.3, 0.4) is 0 Å². The lowest BCUT2D eigenvalue weighted by Crippen LogP contribution is -2.43. The molecule has 1 rings (SSSR count). The Kier molecular flexibility index (Phi) is 6.90. The lowest BCUT2D eigenvalue weighted by Gasteiger charge is -2.38. The molecule has 1 aliphatic carbocycles. The molecule has 0 heterocycles. The second-order valence-electron chi connectivity index (χ2n) is 5.86. The molecular weight excluding hydrogens is 230 g/mol. The molecule has 1 aliphatic rings. The molecule has 0 aliphatic heterocycles. The van der Waals surface area contributed by atoms with E-state index < -0.39 is 0 Å². The summed E-state index contributed by atoms with van der Waals surface area (Å²) in [7, 11) is 0. The van der Waals surface area contributed by atoms with Crippen LogP contribution in [-0.4, -0.2) is 41.5 Å². The lowest BCUT2D eigenvalue weighted by atomic mass is 9.81. The molecule has 0 spiro atoms. The van der Waals surface area contributed by atoms with E-state index in [4.69, 9.17) is 5.11 Å². The maximum absolute atomic E-state index is 9.17. The van der Waals surface area contributed by atoms with Crippen LogP contribution in [0.25, 0.3) is 0 Å². The number of thiol groups is 1. The van der Waals surface area contributed by atoms with Crippen molar-refractivity contribution >= 4 is 12.6 Å². The molecule has 0 aromatic carbocycles. The summed E-state index contributed by atoms with van der Waals surface area (Å²) in [4.78, 5) is 2.42. The number of aliphatic hydroxyl groups excluding tert-OH is 1. The van der Waals surface area contributed by atoms with Crippen LogP contribution in [0.5, 0.6) is 0 Å². The first kappa shape index (κ1) is 15.3. The highest BCUT2D eigenvalue weighted by Crippen LogP contribution is 2.37. The Morgan fingerprint density at radius 1 is 1.18 bits per heavy atom. The first-order chi connectivity index (χ1) is 8.13. The molecule has 1 saturated carbocycles. The van der Waals surface area contributed by atoms with Gasteiger partial charge >= 0.3 is 0 Å². The Morgan fingerprint density at radius 3 is 2.18 bits per heavy atom. The molecule has 0 saturated heterocycles. The van der Waals surface area contributed by atoms with Gasteiger partial charge in [0.2, 0.25) is 0 Å². The molecule has 0 atom stereocenters. The summed E-state index contributed by atoms with van der Waals surface area (Å²) < 4.78 is 0. The Morgan fingerprint density at radius 2 is 1.76 bits per heavy atom. The van der Waals surface area contributed by atoms with E-state index in [9.17, 15) is 0 Å². The van der Waals surface area contributed by atoms with E-state index in [1.165, 1.54) is 38.5 Å². The van der Waals surface area contributed by atoms with Crippen molar-refractivity contribution in [1.82, 2.24) is 4.90 Å². The smallest absolute Gasteiger partial charge is 0.0558 e. The van der Waals surface area contributed by atoms with Crippen LogP contribution < -0.4 is 0 Å². The SMILES string of the molecule is CC(C)N(CCO)CC1(CS)CCCCCC1. The summed E-state index contributed by atoms with van der Waals surface area (Å²) in [5.41, 5.74) is 0.388. The minimum absolute atomic E-state index is 0.265. The van der Waals surface area contributed by atoms with Crippen molar-refractivity contribution in [3.05, 3.63) is 0 Å².